The van der Waals surface area contributed by atoms with E-state index >= 15 is 0 Å². The summed E-state index contributed by atoms with van der Waals surface area (Å²) >= 11 is 0. The summed E-state index contributed by atoms with van der Waals surface area (Å²) in [4.78, 5) is 8.56. The lowest BCUT2D eigenvalue weighted by molar-refractivity contribution is 0.610. The third-order valence-corrected chi connectivity index (χ3v) is 3.22. The molecule has 5 heteroatoms. The molecule has 2 N–H and O–H groups in total. The zero-order chi connectivity index (χ0) is 13.8. The van der Waals surface area contributed by atoms with Crippen LogP contribution in [0.1, 0.15) is 18.4 Å². The third kappa shape index (κ3) is 3.44. The van der Waals surface area contributed by atoms with Crippen LogP contribution in [0.4, 0.5) is 16.2 Å². The van der Waals surface area contributed by atoms with Gasteiger partial charge >= 0.3 is 0 Å². The van der Waals surface area contributed by atoms with Crippen LogP contribution in [0, 0.1) is 5.82 Å². The lowest BCUT2D eigenvalue weighted by Crippen LogP contribution is -2.10. The Bertz CT molecular complexity index is 584. The smallest absolute Gasteiger partial charge is 0.224 e. The van der Waals surface area contributed by atoms with E-state index in [9.17, 15) is 4.39 Å². The number of halogens is 1. The van der Waals surface area contributed by atoms with E-state index in [1.807, 2.05) is 12.1 Å². The van der Waals surface area contributed by atoms with Gasteiger partial charge in [0.1, 0.15) is 11.6 Å². The molecule has 1 heterocycles. The Balaban J connectivity index is 1.54. The molecule has 1 fully saturated rings. The summed E-state index contributed by atoms with van der Waals surface area (Å²) in [6.07, 6.45) is 4.73. The summed E-state index contributed by atoms with van der Waals surface area (Å²) in [5.74, 6) is 1.26. The second kappa shape index (κ2) is 5.86. The fraction of sp³-hybridized carbons (Fsp3) is 0.333. The Kier molecular flexibility index (Phi) is 3.76. The van der Waals surface area contributed by atoms with E-state index in [2.05, 4.69) is 20.6 Å². The van der Waals surface area contributed by atoms with Gasteiger partial charge in [0, 0.05) is 18.8 Å². The van der Waals surface area contributed by atoms with Crippen molar-refractivity contribution in [2.75, 3.05) is 17.2 Å². The predicted molar refractivity (Wildman–Crippen MR) is 77.3 cm³/mol. The van der Waals surface area contributed by atoms with Gasteiger partial charge in [0.25, 0.3) is 0 Å². The van der Waals surface area contributed by atoms with Crippen LogP contribution in [0.2, 0.25) is 0 Å². The van der Waals surface area contributed by atoms with E-state index < -0.39 is 0 Å². The summed E-state index contributed by atoms with van der Waals surface area (Å²) in [6.45, 7) is 0.640. The second-order valence-electron chi connectivity index (χ2n) is 4.95. The summed E-state index contributed by atoms with van der Waals surface area (Å²) in [5.41, 5.74) is 0.713. The Labute approximate surface area is 117 Å². The van der Waals surface area contributed by atoms with Crippen molar-refractivity contribution < 1.29 is 4.39 Å². The van der Waals surface area contributed by atoms with Crippen molar-refractivity contribution in [2.24, 2.45) is 0 Å². The number of rotatable bonds is 6. The van der Waals surface area contributed by atoms with Gasteiger partial charge in [-0.2, -0.15) is 4.98 Å². The van der Waals surface area contributed by atoms with E-state index in [4.69, 9.17) is 0 Å². The van der Waals surface area contributed by atoms with Gasteiger partial charge in [-0.1, -0.05) is 18.2 Å². The minimum absolute atomic E-state index is 0.159. The van der Waals surface area contributed by atoms with Crippen molar-refractivity contribution in [1.29, 1.82) is 0 Å². The van der Waals surface area contributed by atoms with Crippen molar-refractivity contribution in [3.63, 3.8) is 0 Å². The highest BCUT2D eigenvalue weighted by molar-refractivity contribution is 5.40. The lowest BCUT2D eigenvalue weighted by atomic mass is 10.1. The quantitative estimate of drug-likeness (QED) is 0.849. The van der Waals surface area contributed by atoms with Crippen LogP contribution in [-0.4, -0.2) is 22.6 Å². The highest BCUT2D eigenvalue weighted by Crippen LogP contribution is 2.23. The van der Waals surface area contributed by atoms with Crippen molar-refractivity contribution in [2.45, 2.75) is 25.3 Å². The maximum Gasteiger partial charge on any atom is 0.224 e. The second-order valence-corrected chi connectivity index (χ2v) is 4.95. The minimum Gasteiger partial charge on any atom is -0.370 e. The first-order valence-electron chi connectivity index (χ1n) is 6.88. The average molecular weight is 272 g/mol. The Morgan fingerprint density at radius 1 is 1.20 bits per heavy atom. The molecule has 3 rings (SSSR count). The molecular weight excluding hydrogens is 255 g/mol. The van der Waals surface area contributed by atoms with Gasteiger partial charge in [0.05, 0.1) is 0 Å². The Hall–Kier alpha value is -2.17. The van der Waals surface area contributed by atoms with Crippen molar-refractivity contribution in [3.05, 3.63) is 47.9 Å². The number of anilines is 2. The molecule has 1 aliphatic rings. The predicted octanol–water partition coefficient (Wildman–Crippen LogP) is 2.84. The first kappa shape index (κ1) is 12.8. The minimum atomic E-state index is -0.159. The molecule has 0 aliphatic heterocycles. The molecule has 0 spiro atoms. The van der Waals surface area contributed by atoms with Crippen LogP contribution in [0.25, 0.3) is 0 Å². The van der Waals surface area contributed by atoms with Crippen LogP contribution in [0.15, 0.2) is 36.5 Å². The molecule has 0 radical (unpaired) electrons. The van der Waals surface area contributed by atoms with Gasteiger partial charge in [-0.25, -0.2) is 9.37 Å². The largest absolute Gasteiger partial charge is 0.370 e. The summed E-state index contributed by atoms with van der Waals surface area (Å²) in [5, 5.41) is 6.45. The number of benzene rings is 1. The molecule has 0 amide bonds. The maximum atomic E-state index is 13.5. The normalized spacial score (nSPS) is 14.1. The average Bonchev–Trinajstić information content (AvgIpc) is 3.25. The van der Waals surface area contributed by atoms with Crippen LogP contribution in [-0.2, 0) is 6.42 Å². The van der Waals surface area contributed by atoms with E-state index in [1.54, 1.807) is 18.3 Å². The van der Waals surface area contributed by atoms with E-state index in [0.717, 1.165) is 5.82 Å². The molecule has 4 nitrogen and oxygen atoms in total. The molecule has 20 heavy (non-hydrogen) atoms. The highest BCUT2D eigenvalue weighted by Gasteiger charge is 2.21. The summed E-state index contributed by atoms with van der Waals surface area (Å²) in [7, 11) is 0. The molecular formula is C15H17FN4. The van der Waals surface area contributed by atoms with Gasteiger partial charge < -0.3 is 10.6 Å². The van der Waals surface area contributed by atoms with E-state index in [1.165, 1.54) is 18.9 Å². The molecule has 104 valence electrons. The van der Waals surface area contributed by atoms with Crippen LogP contribution < -0.4 is 10.6 Å². The molecule has 0 bridgehead atoms. The number of nitrogens with zero attached hydrogens (tertiary/aromatic N) is 2. The first-order valence-corrected chi connectivity index (χ1v) is 6.88. The molecule has 1 saturated carbocycles. The van der Waals surface area contributed by atoms with E-state index in [0.29, 0.717) is 30.5 Å². The van der Waals surface area contributed by atoms with Crippen LogP contribution in [0.5, 0.6) is 0 Å². The molecule has 0 saturated heterocycles. The molecule has 1 aliphatic carbocycles. The van der Waals surface area contributed by atoms with Gasteiger partial charge in [0.15, 0.2) is 0 Å². The number of aromatic nitrogens is 2. The van der Waals surface area contributed by atoms with E-state index in [-0.39, 0.29) is 5.82 Å². The Morgan fingerprint density at radius 3 is 2.85 bits per heavy atom. The van der Waals surface area contributed by atoms with Crippen molar-refractivity contribution in [1.82, 2.24) is 9.97 Å². The molecule has 1 aromatic heterocycles. The standard InChI is InChI=1S/C15H17FN4/c16-13-4-2-1-3-11(13)7-9-17-14-8-10-18-15(20-14)19-12-5-6-12/h1-4,8,10,12H,5-7,9H2,(H2,17,18,19,20). The van der Waals surface area contributed by atoms with Gasteiger partial charge in [-0.3, -0.25) is 0 Å². The van der Waals surface area contributed by atoms with Gasteiger partial charge in [-0.05, 0) is 37.0 Å². The zero-order valence-corrected chi connectivity index (χ0v) is 11.1. The molecule has 0 atom stereocenters. The zero-order valence-electron chi connectivity index (χ0n) is 11.1. The fourth-order valence-electron chi connectivity index (χ4n) is 1.96. The van der Waals surface area contributed by atoms with Crippen LogP contribution in [0.3, 0.4) is 0 Å². The molecule has 0 unspecified atom stereocenters. The fourth-order valence-corrected chi connectivity index (χ4v) is 1.96. The molecule has 2 aromatic rings. The Morgan fingerprint density at radius 2 is 2.05 bits per heavy atom. The summed E-state index contributed by atoms with van der Waals surface area (Å²) in [6, 6.07) is 9.19. The van der Waals surface area contributed by atoms with Gasteiger partial charge in [-0.15, -0.1) is 0 Å². The maximum absolute atomic E-state index is 13.5. The number of hydrogen-bond donors (Lipinski definition) is 2. The summed E-state index contributed by atoms with van der Waals surface area (Å²) < 4.78 is 13.5. The van der Waals surface area contributed by atoms with Crippen LogP contribution >= 0.6 is 0 Å². The topological polar surface area (TPSA) is 49.8 Å². The number of nitrogens with one attached hydrogen (secondary N) is 2. The SMILES string of the molecule is Fc1ccccc1CCNc1ccnc(NC2CC2)n1. The monoisotopic (exact) mass is 272 g/mol. The lowest BCUT2D eigenvalue weighted by Gasteiger charge is -2.08. The number of hydrogen-bond acceptors (Lipinski definition) is 4. The first-order chi connectivity index (χ1) is 9.81. The third-order valence-electron chi connectivity index (χ3n) is 3.22. The highest BCUT2D eigenvalue weighted by atomic mass is 19.1. The van der Waals surface area contributed by atoms with Gasteiger partial charge in [0.2, 0.25) is 5.95 Å². The molecule has 1 aromatic carbocycles. The van der Waals surface area contributed by atoms with Crippen molar-refractivity contribution in [3.8, 4) is 0 Å². The van der Waals surface area contributed by atoms with Crippen molar-refractivity contribution >= 4 is 11.8 Å².